The van der Waals surface area contributed by atoms with E-state index in [1.807, 2.05) is 30.3 Å². The maximum absolute atomic E-state index is 12.0. The van der Waals surface area contributed by atoms with Gasteiger partial charge in [-0.05, 0) is 38.9 Å². The number of Topliss-reactive ketones (excluding diaryl/α,β-unsaturated/α-hetero) is 1. The van der Waals surface area contributed by atoms with Gasteiger partial charge in [0.05, 0.1) is 6.26 Å². The molecule has 0 atom stereocenters. The fraction of sp³-hybridized carbons (Fsp3) is 0.562. The molecule has 0 bridgehead atoms. The van der Waals surface area contributed by atoms with Gasteiger partial charge in [-0.15, -0.1) is 0 Å². The molecule has 0 unspecified atom stereocenters. The van der Waals surface area contributed by atoms with Gasteiger partial charge in [0, 0.05) is 18.0 Å². The van der Waals surface area contributed by atoms with E-state index in [-0.39, 0.29) is 11.8 Å². The summed E-state index contributed by atoms with van der Waals surface area (Å²) in [4.78, 5) is 14.3. The van der Waals surface area contributed by atoms with Crippen molar-refractivity contribution < 1.29 is 13.2 Å². The van der Waals surface area contributed by atoms with Gasteiger partial charge in [-0.2, -0.15) is 0 Å². The Hall–Kier alpha value is -1.24. The predicted molar refractivity (Wildman–Crippen MR) is 87.4 cm³/mol. The Morgan fingerprint density at radius 3 is 2.45 bits per heavy atom. The number of carbonyl (C=O) groups is 1. The number of piperidine rings is 1. The number of ketones is 1. The lowest BCUT2D eigenvalue weighted by molar-refractivity contribution is 0.0972. The number of hydrogen-bond acceptors (Lipinski definition) is 4. The molecule has 1 aromatic rings. The number of nitrogens with zero attached hydrogens (tertiary/aromatic N) is 1. The molecule has 6 heteroatoms. The topological polar surface area (TPSA) is 66.5 Å². The highest BCUT2D eigenvalue weighted by atomic mass is 32.2. The summed E-state index contributed by atoms with van der Waals surface area (Å²) in [6, 6.07) is 9.43. The molecule has 0 aromatic heterocycles. The third-order valence-corrected chi connectivity index (χ3v) is 4.70. The average molecular weight is 324 g/mol. The predicted octanol–water partition coefficient (Wildman–Crippen LogP) is 1.66. The number of sulfonamides is 1. The van der Waals surface area contributed by atoms with Crippen LogP contribution in [-0.2, 0) is 10.0 Å². The summed E-state index contributed by atoms with van der Waals surface area (Å²) >= 11 is 0. The highest BCUT2D eigenvalue weighted by Gasteiger charge is 2.21. The zero-order valence-corrected chi connectivity index (χ0v) is 13.8. The van der Waals surface area contributed by atoms with Crippen LogP contribution in [0.25, 0.3) is 0 Å². The Kier molecular flexibility index (Phi) is 6.11. The molecule has 122 valence electrons. The monoisotopic (exact) mass is 324 g/mol. The molecular formula is C16H24N2O3S. The molecule has 1 saturated heterocycles. The summed E-state index contributed by atoms with van der Waals surface area (Å²) < 4.78 is 25.1. The third-order valence-electron chi connectivity index (χ3n) is 3.94. The number of rotatable bonds is 7. The molecule has 0 saturated carbocycles. The number of carbonyl (C=O) groups excluding carboxylic acids is 1. The Morgan fingerprint density at radius 2 is 1.86 bits per heavy atom. The molecule has 2 rings (SSSR count). The maximum atomic E-state index is 12.0. The van der Waals surface area contributed by atoms with Gasteiger partial charge in [0.25, 0.3) is 0 Å². The van der Waals surface area contributed by atoms with E-state index in [0.717, 1.165) is 44.5 Å². The van der Waals surface area contributed by atoms with Gasteiger partial charge in [0.2, 0.25) is 10.0 Å². The zero-order chi connectivity index (χ0) is 16.0. The fourth-order valence-corrected chi connectivity index (χ4v) is 3.65. The van der Waals surface area contributed by atoms with Crippen LogP contribution in [0.3, 0.4) is 0 Å². The van der Waals surface area contributed by atoms with E-state index in [9.17, 15) is 13.2 Å². The lowest BCUT2D eigenvalue weighted by Gasteiger charge is -2.31. The van der Waals surface area contributed by atoms with Gasteiger partial charge in [0.1, 0.15) is 0 Å². The van der Waals surface area contributed by atoms with Crippen LogP contribution >= 0.6 is 0 Å². The molecule has 1 heterocycles. The van der Waals surface area contributed by atoms with Crippen LogP contribution in [0.4, 0.5) is 0 Å². The highest BCUT2D eigenvalue weighted by Crippen LogP contribution is 2.12. The van der Waals surface area contributed by atoms with Gasteiger partial charge in [-0.3, -0.25) is 4.79 Å². The fourth-order valence-electron chi connectivity index (χ4n) is 2.81. The van der Waals surface area contributed by atoms with Crippen molar-refractivity contribution in [2.75, 3.05) is 25.9 Å². The SMILES string of the molecule is CS(=O)(=O)NC1CCN(CCCC(=O)c2ccccc2)CC1. The first-order chi connectivity index (χ1) is 10.4. The Labute approximate surface area is 132 Å². The molecule has 0 aliphatic carbocycles. The number of benzene rings is 1. The molecule has 1 aliphatic heterocycles. The molecule has 5 nitrogen and oxygen atoms in total. The van der Waals surface area contributed by atoms with Gasteiger partial charge >= 0.3 is 0 Å². The smallest absolute Gasteiger partial charge is 0.208 e. The third kappa shape index (κ3) is 5.87. The van der Waals surface area contributed by atoms with Crippen LogP contribution < -0.4 is 4.72 Å². The molecule has 1 aliphatic rings. The van der Waals surface area contributed by atoms with E-state index in [4.69, 9.17) is 0 Å². The lowest BCUT2D eigenvalue weighted by Crippen LogP contribution is -2.44. The van der Waals surface area contributed by atoms with E-state index >= 15 is 0 Å². The lowest BCUT2D eigenvalue weighted by atomic mass is 10.0. The van der Waals surface area contributed by atoms with Gasteiger partial charge in [0.15, 0.2) is 5.78 Å². The minimum atomic E-state index is -3.11. The Morgan fingerprint density at radius 1 is 1.23 bits per heavy atom. The first-order valence-electron chi connectivity index (χ1n) is 7.72. The van der Waals surface area contributed by atoms with Crippen LogP contribution in [0.15, 0.2) is 30.3 Å². The number of hydrogen-bond donors (Lipinski definition) is 1. The maximum Gasteiger partial charge on any atom is 0.208 e. The molecule has 0 amide bonds. The Balaban J connectivity index is 1.66. The number of nitrogens with one attached hydrogen (secondary N) is 1. The standard InChI is InChI=1S/C16H24N2O3S/c1-22(20,21)17-15-9-12-18(13-10-15)11-5-8-16(19)14-6-3-2-4-7-14/h2-4,6-7,15,17H,5,8-13H2,1H3. The van der Waals surface area contributed by atoms with E-state index in [2.05, 4.69) is 9.62 Å². The van der Waals surface area contributed by atoms with Crippen molar-refractivity contribution >= 4 is 15.8 Å². The summed E-state index contributed by atoms with van der Waals surface area (Å²) in [5.41, 5.74) is 0.776. The van der Waals surface area contributed by atoms with Crippen LogP contribution in [-0.4, -0.2) is 51.0 Å². The van der Waals surface area contributed by atoms with Crippen molar-refractivity contribution in [2.45, 2.75) is 31.7 Å². The molecule has 22 heavy (non-hydrogen) atoms. The normalized spacial score (nSPS) is 17.5. The molecule has 0 spiro atoms. The first-order valence-corrected chi connectivity index (χ1v) is 9.61. The summed E-state index contributed by atoms with van der Waals surface area (Å²) in [6.07, 6.45) is 4.28. The summed E-state index contributed by atoms with van der Waals surface area (Å²) in [5.74, 6) is 0.189. The molecule has 1 fully saturated rings. The molecule has 1 N–H and O–H groups in total. The van der Waals surface area contributed by atoms with Crippen LogP contribution in [0.2, 0.25) is 0 Å². The number of likely N-dealkylation sites (tertiary alicyclic amines) is 1. The first kappa shape index (κ1) is 17.1. The van der Waals surface area contributed by atoms with Crippen molar-refractivity contribution in [3.63, 3.8) is 0 Å². The van der Waals surface area contributed by atoms with E-state index in [1.165, 1.54) is 6.26 Å². The molecular weight excluding hydrogens is 300 g/mol. The van der Waals surface area contributed by atoms with Crippen molar-refractivity contribution in [2.24, 2.45) is 0 Å². The second-order valence-corrected chi connectivity index (χ2v) is 7.68. The zero-order valence-electron chi connectivity index (χ0n) is 13.0. The van der Waals surface area contributed by atoms with Crippen molar-refractivity contribution in [1.29, 1.82) is 0 Å². The van der Waals surface area contributed by atoms with Crippen LogP contribution in [0.5, 0.6) is 0 Å². The van der Waals surface area contributed by atoms with Gasteiger partial charge in [-0.25, -0.2) is 13.1 Å². The minimum absolute atomic E-state index is 0.0530. The highest BCUT2D eigenvalue weighted by molar-refractivity contribution is 7.88. The molecule has 1 aromatic carbocycles. The van der Waals surface area contributed by atoms with Crippen molar-refractivity contribution in [3.05, 3.63) is 35.9 Å². The van der Waals surface area contributed by atoms with E-state index < -0.39 is 10.0 Å². The Bertz CT molecular complexity index is 579. The summed E-state index contributed by atoms with van der Waals surface area (Å²) in [7, 11) is -3.11. The minimum Gasteiger partial charge on any atom is -0.303 e. The summed E-state index contributed by atoms with van der Waals surface area (Å²) in [6.45, 7) is 2.66. The average Bonchev–Trinajstić information content (AvgIpc) is 2.48. The van der Waals surface area contributed by atoms with Crippen molar-refractivity contribution in [3.8, 4) is 0 Å². The summed E-state index contributed by atoms with van der Waals surface area (Å²) in [5, 5.41) is 0. The van der Waals surface area contributed by atoms with Gasteiger partial charge < -0.3 is 4.90 Å². The second kappa shape index (κ2) is 7.85. The second-order valence-electron chi connectivity index (χ2n) is 5.90. The van der Waals surface area contributed by atoms with Crippen molar-refractivity contribution in [1.82, 2.24) is 9.62 Å². The molecule has 0 radical (unpaired) electrons. The van der Waals surface area contributed by atoms with Crippen LogP contribution in [0.1, 0.15) is 36.0 Å². The van der Waals surface area contributed by atoms with E-state index in [1.54, 1.807) is 0 Å². The largest absolute Gasteiger partial charge is 0.303 e. The van der Waals surface area contributed by atoms with Crippen LogP contribution in [0, 0.1) is 0 Å². The van der Waals surface area contributed by atoms with E-state index in [0.29, 0.717) is 6.42 Å². The quantitative estimate of drug-likeness (QED) is 0.775. The van der Waals surface area contributed by atoms with Gasteiger partial charge in [-0.1, -0.05) is 30.3 Å².